The first-order chi connectivity index (χ1) is 13.0. The number of carbonyl (C=O) groups excluding carboxylic acids is 1. The molecule has 0 aromatic heterocycles. The van der Waals surface area contributed by atoms with Gasteiger partial charge in [0.1, 0.15) is 0 Å². The van der Waals surface area contributed by atoms with E-state index in [0.29, 0.717) is 12.6 Å². The average molecular weight is 390 g/mol. The molecule has 27 heavy (non-hydrogen) atoms. The zero-order chi connectivity index (χ0) is 19.3. The molecule has 1 fully saturated rings. The molecule has 3 N–H and O–H groups in total. The fraction of sp³-hybridized carbons (Fsp3) is 0.450. The van der Waals surface area contributed by atoms with Crippen LogP contribution in [-0.2, 0) is 14.6 Å². The van der Waals surface area contributed by atoms with Crippen molar-refractivity contribution in [2.75, 3.05) is 32.8 Å². The largest absolute Gasteiger partial charge is 0.330 e. The van der Waals surface area contributed by atoms with E-state index >= 15 is 0 Å². The van der Waals surface area contributed by atoms with Crippen molar-refractivity contribution in [1.82, 2.24) is 10.2 Å². The first-order valence-corrected chi connectivity index (χ1v) is 10.9. The monoisotopic (exact) mass is 389 g/mol. The molecule has 0 saturated carbocycles. The van der Waals surface area contributed by atoms with Gasteiger partial charge in [0.15, 0.2) is 0 Å². The molecule has 146 valence electrons. The molecule has 3 rings (SSSR count). The van der Waals surface area contributed by atoms with E-state index in [0.717, 1.165) is 49.7 Å². The summed E-state index contributed by atoms with van der Waals surface area (Å²) in [5.41, 5.74) is 5.61. The molecule has 1 aliphatic rings. The molecule has 0 radical (unpaired) electrons. The van der Waals surface area contributed by atoms with E-state index in [4.69, 9.17) is 5.73 Å². The van der Waals surface area contributed by atoms with Crippen molar-refractivity contribution in [3.8, 4) is 0 Å². The third-order valence-electron chi connectivity index (χ3n) is 5.22. The highest BCUT2D eigenvalue weighted by Gasteiger charge is 2.25. The molecule has 0 amide bonds. The molecule has 1 heterocycles. The van der Waals surface area contributed by atoms with Crippen molar-refractivity contribution >= 4 is 25.7 Å². The van der Waals surface area contributed by atoms with Gasteiger partial charge in [0.05, 0.1) is 11.4 Å². The number of nitrogens with two attached hydrogens (primary N) is 1. The Morgan fingerprint density at radius 1 is 1.11 bits per heavy atom. The van der Waals surface area contributed by atoms with Crippen LogP contribution in [-0.4, -0.2) is 51.3 Å². The minimum absolute atomic E-state index is 0.0515. The Morgan fingerprint density at radius 3 is 2.52 bits per heavy atom. The Labute approximate surface area is 160 Å². The third-order valence-corrected chi connectivity index (χ3v) is 6.84. The van der Waals surface area contributed by atoms with Crippen molar-refractivity contribution in [2.24, 2.45) is 11.7 Å². The normalized spacial score (nSPS) is 16.6. The van der Waals surface area contributed by atoms with Crippen LogP contribution in [0.15, 0.2) is 47.4 Å². The molecule has 0 atom stereocenters. The number of likely N-dealkylation sites (tertiary alicyclic amines) is 1. The van der Waals surface area contributed by atoms with E-state index in [1.54, 1.807) is 12.1 Å². The van der Waals surface area contributed by atoms with Crippen LogP contribution < -0.4 is 11.1 Å². The molecule has 1 aliphatic heterocycles. The highest BCUT2D eigenvalue weighted by Crippen LogP contribution is 2.21. The Bertz CT molecular complexity index is 890. The molecular weight excluding hydrogens is 362 g/mol. The summed E-state index contributed by atoms with van der Waals surface area (Å²) in [6.07, 6.45) is 3.26. The van der Waals surface area contributed by atoms with Gasteiger partial charge in [-0.3, -0.25) is 15.0 Å². The lowest BCUT2D eigenvalue weighted by Gasteiger charge is -2.31. The lowest BCUT2D eigenvalue weighted by molar-refractivity contribution is -0.111. The molecule has 0 bridgehead atoms. The van der Waals surface area contributed by atoms with Gasteiger partial charge in [-0.2, -0.15) is 0 Å². The minimum Gasteiger partial charge on any atom is -0.330 e. The molecule has 6 nitrogen and oxygen atoms in total. The quantitative estimate of drug-likeness (QED) is 0.749. The molecule has 7 heteroatoms. The maximum atomic E-state index is 12.6. The van der Waals surface area contributed by atoms with Crippen LogP contribution in [0.5, 0.6) is 0 Å². The predicted octanol–water partition coefficient (Wildman–Crippen LogP) is 1.75. The second kappa shape index (κ2) is 8.93. The van der Waals surface area contributed by atoms with Crippen LogP contribution in [0.1, 0.15) is 19.3 Å². The molecule has 1 saturated heterocycles. The number of hydrogen-bond acceptors (Lipinski definition) is 6. The lowest BCUT2D eigenvalue weighted by atomic mass is 9.94. The van der Waals surface area contributed by atoms with Gasteiger partial charge < -0.3 is 5.73 Å². The van der Waals surface area contributed by atoms with Crippen molar-refractivity contribution in [2.45, 2.75) is 24.2 Å². The predicted molar refractivity (Wildman–Crippen MR) is 107 cm³/mol. The van der Waals surface area contributed by atoms with Crippen LogP contribution in [0.2, 0.25) is 0 Å². The summed E-state index contributed by atoms with van der Waals surface area (Å²) >= 11 is 0. The number of carbonyl (C=O) groups is 1. The van der Waals surface area contributed by atoms with Crippen LogP contribution in [0.25, 0.3) is 10.8 Å². The van der Waals surface area contributed by atoms with Crippen molar-refractivity contribution in [1.29, 1.82) is 0 Å². The van der Waals surface area contributed by atoms with E-state index in [1.165, 1.54) is 6.07 Å². The van der Waals surface area contributed by atoms with E-state index in [9.17, 15) is 13.2 Å². The SMILES string of the molecule is NCCC1CCN(CNCC(=O)S(=O)(=O)c2ccc3ccccc3c2)CC1. The number of nitrogens with zero attached hydrogens (tertiary/aromatic N) is 1. The molecule has 2 aromatic rings. The summed E-state index contributed by atoms with van der Waals surface area (Å²) in [4.78, 5) is 14.6. The highest BCUT2D eigenvalue weighted by atomic mass is 32.2. The van der Waals surface area contributed by atoms with E-state index in [2.05, 4.69) is 10.2 Å². The van der Waals surface area contributed by atoms with Crippen LogP contribution >= 0.6 is 0 Å². The van der Waals surface area contributed by atoms with Gasteiger partial charge in [-0.1, -0.05) is 30.3 Å². The number of hydrogen-bond donors (Lipinski definition) is 2. The second-order valence-electron chi connectivity index (χ2n) is 7.11. The standard InChI is InChI=1S/C20H27N3O3S/c21-10-7-16-8-11-23(12-9-16)15-22-14-20(24)27(25,26)19-6-5-17-3-1-2-4-18(17)13-19/h1-6,13,16,22H,7-12,14-15,21H2. The van der Waals surface area contributed by atoms with Gasteiger partial charge in [-0.25, -0.2) is 8.42 Å². The van der Waals surface area contributed by atoms with Gasteiger partial charge >= 0.3 is 0 Å². The average Bonchev–Trinajstić information content (AvgIpc) is 2.69. The highest BCUT2D eigenvalue weighted by molar-refractivity contribution is 8.06. The lowest BCUT2D eigenvalue weighted by Crippen LogP contribution is -2.42. The number of piperidine rings is 1. The Balaban J connectivity index is 1.54. The van der Waals surface area contributed by atoms with E-state index in [-0.39, 0.29) is 11.4 Å². The Kier molecular flexibility index (Phi) is 6.59. The van der Waals surface area contributed by atoms with Crippen LogP contribution in [0.4, 0.5) is 0 Å². The second-order valence-corrected chi connectivity index (χ2v) is 9.04. The Morgan fingerprint density at radius 2 is 1.81 bits per heavy atom. The summed E-state index contributed by atoms with van der Waals surface area (Å²) in [6, 6.07) is 12.3. The molecular formula is C20H27N3O3S. The van der Waals surface area contributed by atoms with Gasteiger partial charge in [0.25, 0.3) is 5.12 Å². The summed E-state index contributed by atoms with van der Waals surface area (Å²) in [5.74, 6) is 0.682. The topological polar surface area (TPSA) is 92.5 Å². The summed E-state index contributed by atoms with van der Waals surface area (Å²) in [5, 5.41) is 3.94. The van der Waals surface area contributed by atoms with Crippen molar-refractivity contribution in [3.63, 3.8) is 0 Å². The first kappa shape index (κ1) is 19.9. The zero-order valence-electron chi connectivity index (χ0n) is 15.4. The number of nitrogens with one attached hydrogen (secondary N) is 1. The van der Waals surface area contributed by atoms with Crippen LogP contribution in [0.3, 0.4) is 0 Å². The first-order valence-electron chi connectivity index (χ1n) is 9.40. The van der Waals surface area contributed by atoms with Gasteiger partial charge in [-0.15, -0.1) is 0 Å². The fourth-order valence-corrected chi connectivity index (χ4v) is 4.63. The number of sulfone groups is 1. The summed E-state index contributed by atoms with van der Waals surface area (Å²) in [6.45, 7) is 2.96. The molecule has 2 aromatic carbocycles. The van der Waals surface area contributed by atoms with Crippen LogP contribution in [0, 0.1) is 5.92 Å². The number of rotatable bonds is 7. The smallest absolute Gasteiger partial charge is 0.264 e. The van der Waals surface area contributed by atoms with E-state index < -0.39 is 15.0 Å². The maximum absolute atomic E-state index is 12.6. The fourth-order valence-electron chi connectivity index (χ4n) is 3.55. The zero-order valence-corrected chi connectivity index (χ0v) is 16.2. The van der Waals surface area contributed by atoms with Gasteiger partial charge in [0, 0.05) is 6.67 Å². The van der Waals surface area contributed by atoms with Crippen molar-refractivity contribution in [3.05, 3.63) is 42.5 Å². The Hall–Kier alpha value is -1.80. The number of benzene rings is 2. The van der Waals surface area contributed by atoms with Gasteiger partial charge in [0.2, 0.25) is 9.84 Å². The molecule has 0 aliphatic carbocycles. The third kappa shape index (κ3) is 4.93. The summed E-state index contributed by atoms with van der Waals surface area (Å²) < 4.78 is 25.1. The molecule has 0 unspecified atom stereocenters. The van der Waals surface area contributed by atoms with Gasteiger partial charge in [-0.05, 0) is 67.7 Å². The molecule has 0 spiro atoms. The minimum atomic E-state index is -3.98. The maximum Gasteiger partial charge on any atom is 0.264 e. The van der Waals surface area contributed by atoms with Crippen molar-refractivity contribution < 1.29 is 13.2 Å². The number of fused-ring (bicyclic) bond motifs is 1. The summed E-state index contributed by atoms with van der Waals surface area (Å²) in [7, 11) is -3.98. The van der Waals surface area contributed by atoms with E-state index in [1.807, 2.05) is 24.3 Å².